The molecule has 0 bridgehead atoms. The number of phenolic OH excluding ortho intramolecular Hbond substituents is 1. The Morgan fingerprint density at radius 3 is 2.75 bits per heavy atom. The molecule has 1 atom stereocenters. The topological polar surface area (TPSA) is 87.0 Å². The number of hydrogen-bond donors (Lipinski definition) is 3. The van der Waals surface area contributed by atoms with Gasteiger partial charge in [0.05, 0.1) is 6.61 Å². The summed E-state index contributed by atoms with van der Waals surface area (Å²) in [5.74, 6) is -0.963. The van der Waals surface area contributed by atoms with Crippen LogP contribution in [-0.2, 0) is 4.74 Å². The number of aliphatic hydroxyl groups excluding tert-OH is 2. The minimum Gasteiger partial charge on any atom is -0.507 e. The number of aliphatic hydroxyl groups is 2. The molecular weight excluding hydrogens is 280 g/mol. The third-order valence-electron chi connectivity index (χ3n) is 1.80. The maximum atomic E-state index is 11.4. The Bertz CT molecular complexity index is 379. The minimum atomic E-state index is -1.11. The molecule has 1 aromatic rings. The molecule has 88 valence electrons. The van der Waals surface area contributed by atoms with Crippen LogP contribution in [0.25, 0.3) is 0 Å². The van der Waals surface area contributed by atoms with E-state index in [2.05, 4.69) is 20.7 Å². The van der Waals surface area contributed by atoms with E-state index in [1.165, 1.54) is 12.1 Å². The predicted octanol–water partition coefficient (Wildman–Crippen LogP) is 0.665. The second-order valence-corrected chi connectivity index (χ2v) is 4.01. The van der Waals surface area contributed by atoms with Crippen molar-refractivity contribution < 1.29 is 24.9 Å². The van der Waals surface area contributed by atoms with Gasteiger partial charge in [-0.3, -0.25) is 0 Å². The molecule has 0 aliphatic rings. The van der Waals surface area contributed by atoms with Gasteiger partial charge in [0.15, 0.2) is 0 Å². The van der Waals surface area contributed by atoms with E-state index in [-0.39, 0.29) is 17.9 Å². The lowest BCUT2D eigenvalue weighted by atomic mass is 10.2. The van der Waals surface area contributed by atoms with E-state index in [1.54, 1.807) is 6.07 Å². The molecule has 0 aromatic heterocycles. The van der Waals surface area contributed by atoms with Gasteiger partial charge in [0.25, 0.3) is 0 Å². The van der Waals surface area contributed by atoms with E-state index in [4.69, 9.17) is 10.2 Å². The van der Waals surface area contributed by atoms with Crippen molar-refractivity contribution in [2.75, 3.05) is 13.2 Å². The zero-order chi connectivity index (χ0) is 12.1. The Morgan fingerprint density at radius 1 is 1.50 bits per heavy atom. The summed E-state index contributed by atoms with van der Waals surface area (Å²) in [5.41, 5.74) is 0.00772. The molecule has 1 rings (SSSR count). The van der Waals surface area contributed by atoms with Crippen molar-refractivity contribution in [1.29, 1.82) is 0 Å². The summed E-state index contributed by atoms with van der Waals surface area (Å²) >= 11 is 3.13. The number of carbonyl (C=O) groups is 1. The van der Waals surface area contributed by atoms with Crippen molar-refractivity contribution in [2.45, 2.75) is 6.10 Å². The van der Waals surface area contributed by atoms with E-state index in [0.717, 1.165) is 0 Å². The second-order valence-electron chi connectivity index (χ2n) is 3.10. The smallest absolute Gasteiger partial charge is 0.342 e. The summed E-state index contributed by atoms with van der Waals surface area (Å²) in [6, 6.07) is 4.34. The number of ether oxygens (including phenoxy) is 1. The highest BCUT2D eigenvalue weighted by Gasteiger charge is 2.14. The molecule has 6 heteroatoms. The number of rotatable bonds is 4. The number of hydrogen-bond acceptors (Lipinski definition) is 5. The minimum absolute atomic E-state index is 0.00772. The van der Waals surface area contributed by atoms with Crippen LogP contribution in [0, 0.1) is 0 Å². The van der Waals surface area contributed by atoms with Gasteiger partial charge in [-0.05, 0) is 18.2 Å². The first-order valence-electron chi connectivity index (χ1n) is 4.49. The van der Waals surface area contributed by atoms with Gasteiger partial charge in [0, 0.05) is 4.47 Å². The fourth-order valence-electron chi connectivity index (χ4n) is 0.980. The Balaban J connectivity index is 2.66. The van der Waals surface area contributed by atoms with Crippen molar-refractivity contribution in [3.63, 3.8) is 0 Å². The lowest BCUT2D eigenvalue weighted by Crippen LogP contribution is -2.22. The molecule has 0 fully saturated rings. The van der Waals surface area contributed by atoms with Crippen LogP contribution in [0.15, 0.2) is 22.7 Å². The summed E-state index contributed by atoms with van der Waals surface area (Å²) < 4.78 is 5.31. The third kappa shape index (κ3) is 3.48. The van der Waals surface area contributed by atoms with Crippen LogP contribution in [-0.4, -0.2) is 40.6 Å². The lowest BCUT2D eigenvalue weighted by molar-refractivity contribution is 0.00913. The quantitative estimate of drug-likeness (QED) is 0.710. The van der Waals surface area contributed by atoms with Gasteiger partial charge in [-0.15, -0.1) is 0 Å². The molecule has 0 saturated carbocycles. The fourth-order valence-corrected chi connectivity index (χ4v) is 1.33. The predicted molar refractivity (Wildman–Crippen MR) is 59.2 cm³/mol. The van der Waals surface area contributed by atoms with E-state index < -0.39 is 18.7 Å². The van der Waals surface area contributed by atoms with Crippen LogP contribution in [0.5, 0.6) is 5.75 Å². The molecule has 0 spiro atoms. The first kappa shape index (κ1) is 13.0. The average Bonchev–Trinajstić information content (AvgIpc) is 2.25. The number of aromatic hydroxyl groups is 1. The van der Waals surface area contributed by atoms with Crippen molar-refractivity contribution in [2.24, 2.45) is 0 Å². The maximum Gasteiger partial charge on any atom is 0.342 e. The van der Waals surface area contributed by atoms with Crippen molar-refractivity contribution in [3.8, 4) is 5.75 Å². The highest BCUT2D eigenvalue weighted by molar-refractivity contribution is 9.10. The zero-order valence-corrected chi connectivity index (χ0v) is 9.85. The zero-order valence-electron chi connectivity index (χ0n) is 8.26. The standard InChI is InChI=1S/C10H11BrO5/c11-6-1-2-8(9(14)3-6)10(15)16-5-7(13)4-12/h1-3,7,12-14H,4-5H2. The summed E-state index contributed by atoms with van der Waals surface area (Å²) in [4.78, 5) is 11.4. The molecule has 1 unspecified atom stereocenters. The molecule has 0 aliphatic heterocycles. The third-order valence-corrected chi connectivity index (χ3v) is 2.29. The summed E-state index contributed by atoms with van der Waals surface area (Å²) in [6.45, 7) is -0.801. The number of halogens is 1. The largest absolute Gasteiger partial charge is 0.507 e. The monoisotopic (exact) mass is 290 g/mol. The van der Waals surface area contributed by atoms with Gasteiger partial charge in [0.1, 0.15) is 24.0 Å². The summed E-state index contributed by atoms with van der Waals surface area (Å²) in [7, 11) is 0. The number of benzene rings is 1. The molecule has 0 radical (unpaired) electrons. The second kappa shape index (κ2) is 5.83. The van der Waals surface area contributed by atoms with Crippen molar-refractivity contribution in [3.05, 3.63) is 28.2 Å². The Kier molecular flexibility index (Phi) is 4.72. The van der Waals surface area contributed by atoms with Crippen LogP contribution in [0.3, 0.4) is 0 Å². The highest BCUT2D eigenvalue weighted by atomic mass is 79.9. The first-order chi connectivity index (χ1) is 7.54. The van der Waals surface area contributed by atoms with E-state index in [9.17, 15) is 9.90 Å². The molecule has 5 nitrogen and oxygen atoms in total. The van der Waals surface area contributed by atoms with Crippen LogP contribution < -0.4 is 0 Å². The van der Waals surface area contributed by atoms with Crippen molar-refractivity contribution >= 4 is 21.9 Å². The van der Waals surface area contributed by atoms with Crippen LogP contribution >= 0.6 is 15.9 Å². The number of phenols is 1. The van der Waals surface area contributed by atoms with E-state index in [0.29, 0.717) is 4.47 Å². The lowest BCUT2D eigenvalue weighted by Gasteiger charge is -2.09. The first-order valence-corrected chi connectivity index (χ1v) is 5.28. The van der Waals surface area contributed by atoms with Crippen LogP contribution in [0.2, 0.25) is 0 Å². The van der Waals surface area contributed by atoms with E-state index >= 15 is 0 Å². The van der Waals surface area contributed by atoms with Gasteiger partial charge < -0.3 is 20.1 Å². The van der Waals surface area contributed by atoms with Gasteiger partial charge in [0.2, 0.25) is 0 Å². The van der Waals surface area contributed by atoms with Crippen molar-refractivity contribution in [1.82, 2.24) is 0 Å². The Labute approximate surface area is 100 Å². The van der Waals surface area contributed by atoms with Crippen LogP contribution in [0.4, 0.5) is 0 Å². The molecule has 3 N–H and O–H groups in total. The fraction of sp³-hybridized carbons (Fsp3) is 0.300. The molecule has 0 heterocycles. The Hall–Kier alpha value is -1.11. The number of carbonyl (C=O) groups excluding carboxylic acids is 1. The Morgan fingerprint density at radius 2 is 2.19 bits per heavy atom. The SMILES string of the molecule is O=C(OCC(O)CO)c1ccc(Br)cc1O. The number of esters is 1. The van der Waals surface area contributed by atoms with Crippen LogP contribution in [0.1, 0.15) is 10.4 Å². The van der Waals surface area contributed by atoms with Gasteiger partial charge >= 0.3 is 5.97 Å². The average molecular weight is 291 g/mol. The van der Waals surface area contributed by atoms with E-state index in [1.807, 2.05) is 0 Å². The molecular formula is C10H11BrO5. The van der Waals surface area contributed by atoms with Gasteiger partial charge in [-0.1, -0.05) is 15.9 Å². The molecule has 1 aromatic carbocycles. The summed E-state index contributed by atoms with van der Waals surface area (Å²) in [5, 5.41) is 26.9. The normalized spacial score (nSPS) is 12.2. The van der Waals surface area contributed by atoms with Gasteiger partial charge in [-0.25, -0.2) is 4.79 Å². The molecule has 0 saturated heterocycles. The van der Waals surface area contributed by atoms with Gasteiger partial charge in [-0.2, -0.15) is 0 Å². The summed E-state index contributed by atoms with van der Waals surface area (Å²) in [6.07, 6.45) is -1.11. The highest BCUT2D eigenvalue weighted by Crippen LogP contribution is 2.22. The molecule has 0 amide bonds. The maximum absolute atomic E-state index is 11.4. The molecule has 16 heavy (non-hydrogen) atoms. The molecule has 0 aliphatic carbocycles.